The Kier molecular flexibility index (Phi) is 8.00. The van der Waals surface area contributed by atoms with Crippen LogP contribution in [0.4, 0.5) is 4.79 Å². The number of aromatic nitrogens is 1. The van der Waals surface area contributed by atoms with Gasteiger partial charge in [-0.25, -0.2) is 4.79 Å². The van der Waals surface area contributed by atoms with Crippen LogP contribution in [0.2, 0.25) is 0 Å². The van der Waals surface area contributed by atoms with Crippen LogP contribution in [0.25, 0.3) is 21.5 Å². The fraction of sp³-hybridized carbons (Fsp3) is 0.600. The Morgan fingerprint density at radius 3 is 2.14 bits per heavy atom. The molecule has 4 fully saturated rings. The average Bonchev–Trinajstić information content (AvgIpc) is 3.80. The summed E-state index contributed by atoms with van der Waals surface area (Å²) < 4.78 is 5.43. The van der Waals surface area contributed by atoms with Gasteiger partial charge in [0.15, 0.2) is 0 Å². The lowest BCUT2D eigenvalue weighted by Crippen LogP contribution is -2.54. The van der Waals surface area contributed by atoms with Crippen molar-refractivity contribution in [1.29, 1.82) is 0 Å². The number of carbonyl (C=O) groups is 2. The number of thiophene rings is 1. The van der Waals surface area contributed by atoms with Gasteiger partial charge in [-0.15, -0.1) is 11.3 Å². The molecule has 0 saturated carbocycles. The maximum atomic E-state index is 14.0. The number of nitrogens with one attached hydrogen (secondary N) is 1. The van der Waals surface area contributed by atoms with Crippen LogP contribution in [0.3, 0.4) is 0 Å². The Bertz CT molecular complexity index is 1500. The van der Waals surface area contributed by atoms with Gasteiger partial charge in [-0.05, 0) is 89.1 Å². The molecule has 0 unspecified atom stereocenters. The van der Waals surface area contributed by atoms with Crippen LogP contribution in [0.15, 0.2) is 24.3 Å². The zero-order chi connectivity index (χ0) is 30.6. The number of aryl methyl sites for hydroxylation is 2. The lowest BCUT2D eigenvalue weighted by molar-refractivity contribution is -0.137. The lowest BCUT2D eigenvalue weighted by atomic mass is 9.88. The third-order valence-corrected chi connectivity index (χ3v) is 11.9. The second-order valence-electron chi connectivity index (χ2n) is 14.0. The van der Waals surface area contributed by atoms with Gasteiger partial charge in [-0.1, -0.05) is 17.2 Å². The topological polar surface area (TPSA) is 72.1 Å². The number of hydrogen-bond donors (Lipinski definition) is 1. The van der Waals surface area contributed by atoms with Crippen molar-refractivity contribution in [3.63, 3.8) is 0 Å². The van der Waals surface area contributed by atoms with E-state index in [9.17, 15) is 9.59 Å². The van der Waals surface area contributed by atoms with E-state index in [0.717, 1.165) is 74.5 Å². The zero-order valence-corrected chi connectivity index (χ0v) is 27.6. The Hall–Kier alpha value is -2.88. The Morgan fingerprint density at radius 2 is 1.50 bits per heavy atom. The minimum absolute atomic E-state index is 0.155. The van der Waals surface area contributed by atoms with Crippen LogP contribution in [-0.2, 0) is 21.4 Å². The summed E-state index contributed by atoms with van der Waals surface area (Å²) in [4.78, 5) is 41.8. The molecule has 4 saturated heterocycles. The van der Waals surface area contributed by atoms with Crippen molar-refractivity contribution in [2.45, 2.75) is 77.3 Å². The smallest absolute Gasteiger partial charge is 0.320 e. The first-order chi connectivity index (χ1) is 21.2. The van der Waals surface area contributed by atoms with Gasteiger partial charge in [-0.3, -0.25) is 9.69 Å². The minimum atomic E-state index is -0.545. The molecule has 2 bridgehead atoms. The fourth-order valence-corrected chi connectivity index (χ4v) is 9.21. The average molecular weight is 618 g/mol. The van der Waals surface area contributed by atoms with Gasteiger partial charge < -0.3 is 24.4 Å². The van der Waals surface area contributed by atoms with E-state index in [-0.39, 0.29) is 6.03 Å². The molecule has 0 radical (unpaired) electrons. The van der Waals surface area contributed by atoms with Crippen LogP contribution in [0.1, 0.15) is 61.1 Å². The van der Waals surface area contributed by atoms with Crippen molar-refractivity contribution < 1.29 is 14.3 Å². The predicted molar refractivity (Wildman–Crippen MR) is 177 cm³/mol. The molecular formula is C35H47N5O3S. The van der Waals surface area contributed by atoms with Crippen molar-refractivity contribution in [2.75, 3.05) is 59.0 Å². The highest BCUT2D eigenvalue weighted by molar-refractivity contribution is 7.19. The molecule has 1 aromatic carbocycles. The number of piperazine rings is 1. The van der Waals surface area contributed by atoms with Gasteiger partial charge in [0.05, 0.1) is 24.3 Å². The third-order valence-electron chi connectivity index (χ3n) is 10.5. The number of nitrogens with zero attached hydrogens (tertiary/aromatic N) is 4. The molecule has 0 aliphatic carbocycles. The van der Waals surface area contributed by atoms with Gasteiger partial charge in [0.2, 0.25) is 5.91 Å². The molecule has 0 atom stereocenters. The number of hydrogen-bond acceptors (Lipinski definition) is 5. The van der Waals surface area contributed by atoms with Crippen molar-refractivity contribution in [3.8, 4) is 11.3 Å². The Balaban J connectivity index is 1.12. The van der Waals surface area contributed by atoms with E-state index >= 15 is 0 Å². The van der Waals surface area contributed by atoms with E-state index in [0.29, 0.717) is 44.3 Å². The monoisotopic (exact) mass is 617 g/mol. The molecule has 3 amide bonds. The predicted octanol–water partition coefficient (Wildman–Crippen LogP) is 5.56. The molecule has 8 nitrogen and oxygen atoms in total. The van der Waals surface area contributed by atoms with Gasteiger partial charge in [0, 0.05) is 68.2 Å². The number of urea groups is 1. The Morgan fingerprint density at radius 1 is 0.886 bits per heavy atom. The summed E-state index contributed by atoms with van der Waals surface area (Å²) >= 11 is 1.76. The van der Waals surface area contributed by atoms with Gasteiger partial charge in [-0.2, -0.15) is 0 Å². The first-order valence-corrected chi connectivity index (χ1v) is 17.4. The van der Waals surface area contributed by atoms with Crippen LogP contribution in [0, 0.1) is 13.8 Å². The molecule has 4 aliphatic rings. The summed E-state index contributed by atoms with van der Waals surface area (Å²) in [5, 5.41) is 1.26. The standard InChI is InChI=1S/C35H47N5O3S/c1-23-19-24(2)21-25(20-23)31-28(9-10-37-11-13-38(14-12-37)34(42)39-15-17-43-18-16-39)29-22-30(44-32(29)36-31)35(3,4)33(41)40-26-5-6-27(40)8-7-26/h19-22,26-27,36H,5-18H2,1-4H3. The lowest BCUT2D eigenvalue weighted by Gasteiger charge is -2.38. The normalized spacial score (nSPS) is 22.9. The molecule has 0 spiro atoms. The van der Waals surface area contributed by atoms with E-state index in [1.807, 2.05) is 9.80 Å². The van der Waals surface area contributed by atoms with Crippen molar-refractivity contribution in [1.82, 2.24) is 24.6 Å². The number of aromatic amines is 1. The summed E-state index contributed by atoms with van der Waals surface area (Å²) in [6.45, 7) is 15.5. The van der Waals surface area contributed by atoms with Crippen molar-refractivity contribution in [2.24, 2.45) is 0 Å². The van der Waals surface area contributed by atoms with Gasteiger partial charge >= 0.3 is 6.03 Å². The molecule has 2 aromatic heterocycles. The second kappa shape index (κ2) is 11.8. The van der Waals surface area contributed by atoms with E-state index in [4.69, 9.17) is 4.74 Å². The maximum Gasteiger partial charge on any atom is 0.320 e. The first-order valence-electron chi connectivity index (χ1n) is 16.6. The molecule has 7 rings (SSSR count). The van der Waals surface area contributed by atoms with Gasteiger partial charge in [0.25, 0.3) is 0 Å². The van der Waals surface area contributed by atoms with Gasteiger partial charge in [0.1, 0.15) is 4.83 Å². The van der Waals surface area contributed by atoms with Crippen LogP contribution < -0.4 is 0 Å². The summed E-state index contributed by atoms with van der Waals surface area (Å²) in [6.07, 6.45) is 5.57. The number of rotatable bonds is 6. The molecule has 3 aromatic rings. The summed E-state index contributed by atoms with van der Waals surface area (Å²) in [5.41, 5.74) is 5.75. The molecule has 44 heavy (non-hydrogen) atoms. The molecule has 236 valence electrons. The number of morpholine rings is 1. The van der Waals surface area contributed by atoms with Crippen LogP contribution >= 0.6 is 11.3 Å². The zero-order valence-electron chi connectivity index (χ0n) is 26.8. The number of benzene rings is 1. The van der Waals surface area contributed by atoms with E-state index < -0.39 is 5.41 Å². The molecule has 4 aliphatic heterocycles. The highest BCUT2D eigenvalue weighted by atomic mass is 32.1. The van der Waals surface area contributed by atoms with E-state index in [1.165, 1.54) is 33.3 Å². The SMILES string of the molecule is Cc1cc(C)cc(-c2[nH]c3sc(C(C)(C)C(=O)N4C5CCC4CC5)cc3c2CCN2CCN(C(=O)N3CCOCC3)CC2)c1. The third kappa shape index (κ3) is 5.45. The number of amides is 3. The Labute approximate surface area is 265 Å². The highest BCUT2D eigenvalue weighted by Crippen LogP contribution is 2.44. The largest absolute Gasteiger partial charge is 0.378 e. The first kappa shape index (κ1) is 29.8. The summed E-state index contributed by atoms with van der Waals surface area (Å²) in [5.74, 6) is 0.298. The van der Waals surface area contributed by atoms with E-state index in [1.54, 1.807) is 11.3 Å². The number of fused-ring (bicyclic) bond motifs is 3. The molecular weight excluding hydrogens is 570 g/mol. The van der Waals surface area contributed by atoms with Crippen molar-refractivity contribution >= 4 is 33.5 Å². The summed E-state index contributed by atoms with van der Waals surface area (Å²) in [6, 6.07) is 10.1. The van der Waals surface area contributed by atoms with Crippen LogP contribution in [0.5, 0.6) is 0 Å². The quantitative estimate of drug-likeness (QED) is 0.394. The minimum Gasteiger partial charge on any atom is -0.378 e. The molecule has 9 heteroatoms. The highest BCUT2D eigenvalue weighted by Gasteiger charge is 2.47. The second-order valence-corrected chi connectivity index (χ2v) is 15.0. The number of carbonyl (C=O) groups excluding carboxylic acids is 2. The summed E-state index contributed by atoms with van der Waals surface area (Å²) in [7, 11) is 0. The molecule has 6 heterocycles. The fourth-order valence-electron chi connectivity index (χ4n) is 8.02. The van der Waals surface area contributed by atoms with E-state index in [2.05, 4.69) is 66.7 Å². The number of ether oxygens (including phenoxy) is 1. The maximum absolute atomic E-state index is 14.0. The van der Waals surface area contributed by atoms with Crippen LogP contribution in [-0.4, -0.2) is 108 Å². The molecule has 1 N–H and O–H groups in total. The van der Waals surface area contributed by atoms with Crippen molar-refractivity contribution in [3.05, 3.63) is 45.8 Å². The number of H-pyrrole nitrogens is 1.